The van der Waals surface area contributed by atoms with Gasteiger partial charge in [0.2, 0.25) is 0 Å². The monoisotopic (exact) mass is 706 g/mol. The maximum absolute atomic E-state index is 13.2. The van der Waals surface area contributed by atoms with Crippen molar-refractivity contribution in [3.05, 3.63) is 155 Å². The topological polar surface area (TPSA) is 107 Å². The first-order valence-electron chi connectivity index (χ1n) is 17.0. The molecule has 10 heteroatoms. The molecule has 0 saturated carbocycles. The molecule has 9 nitrogen and oxygen atoms in total. The number of hydrogen-bond acceptors (Lipinski definition) is 8. The number of nitrogens with one attached hydrogen (secondary N) is 1. The van der Waals surface area contributed by atoms with Crippen molar-refractivity contribution < 1.29 is 32.5 Å². The van der Waals surface area contributed by atoms with Crippen LogP contribution in [0.1, 0.15) is 51.7 Å². The molecule has 51 heavy (non-hydrogen) atoms. The molecule has 0 bridgehead atoms. The number of nitrogens with zero attached hydrogens (tertiary/aromatic N) is 1. The van der Waals surface area contributed by atoms with Gasteiger partial charge in [-0.1, -0.05) is 84.9 Å². The minimum absolute atomic E-state index is 0.0545. The molecule has 5 aromatic rings. The number of fused-ring (bicyclic) bond motifs is 1. The number of aliphatic hydroxyl groups is 1. The molecule has 1 fully saturated rings. The minimum Gasteiger partial charge on any atom is -0.493 e. The van der Waals surface area contributed by atoms with Crippen molar-refractivity contribution in [1.82, 2.24) is 4.90 Å². The number of hydrogen-bond donors (Lipinski definition) is 2. The summed E-state index contributed by atoms with van der Waals surface area (Å²) in [7, 11) is -0.496. The summed E-state index contributed by atoms with van der Waals surface area (Å²) < 4.78 is 54.2. The molecule has 4 unspecified atom stereocenters. The molecule has 0 spiro atoms. The molecule has 0 radical (unpaired) electrons. The largest absolute Gasteiger partial charge is 0.493 e. The van der Waals surface area contributed by atoms with E-state index < -0.39 is 22.4 Å². The first kappa shape index (κ1) is 34.7. The number of ether oxygens (including phenoxy) is 4. The number of methoxy groups -OCH3 is 2. The van der Waals surface area contributed by atoms with Crippen LogP contribution in [0.2, 0.25) is 0 Å². The zero-order valence-corrected chi connectivity index (χ0v) is 29.5. The van der Waals surface area contributed by atoms with Crippen molar-refractivity contribution in [3.63, 3.8) is 0 Å². The predicted molar refractivity (Wildman–Crippen MR) is 195 cm³/mol. The van der Waals surface area contributed by atoms with E-state index in [9.17, 15) is 13.5 Å². The lowest BCUT2D eigenvalue weighted by molar-refractivity contribution is -0.263. The van der Waals surface area contributed by atoms with Gasteiger partial charge < -0.3 is 24.1 Å². The van der Waals surface area contributed by atoms with Gasteiger partial charge in [-0.05, 0) is 70.6 Å². The molecule has 2 heterocycles. The van der Waals surface area contributed by atoms with Crippen LogP contribution in [-0.4, -0.2) is 51.8 Å². The van der Waals surface area contributed by atoms with E-state index in [2.05, 4.69) is 33.9 Å². The Morgan fingerprint density at radius 2 is 1.43 bits per heavy atom. The summed E-state index contributed by atoms with van der Waals surface area (Å²) in [5.74, 6) is 1.26. The second-order valence-electron chi connectivity index (χ2n) is 12.9. The number of rotatable bonds is 11. The maximum atomic E-state index is 13.2. The van der Waals surface area contributed by atoms with Gasteiger partial charge in [-0.2, -0.15) is 0 Å². The minimum atomic E-state index is -3.81. The summed E-state index contributed by atoms with van der Waals surface area (Å²) in [6.07, 6.45) is -0.649. The molecule has 0 aliphatic carbocycles. The van der Waals surface area contributed by atoms with Gasteiger partial charge in [0.25, 0.3) is 10.0 Å². The number of sulfonamides is 1. The van der Waals surface area contributed by atoms with Crippen LogP contribution in [0.25, 0.3) is 0 Å². The average molecular weight is 707 g/mol. The Kier molecular flexibility index (Phi) is 10.4. The molecule has 2 aliphatic rings. The van der Waals surface area contributed by atoms with Crippen molar-refractivity contribution in [1.29, 1.82) is 0 Å². The molecule has 0 amide bonds. The van der Waals surface area contributed by atoms with Crippen molar-refractivity contribution in [3.8, 4) is 11.5 Å². The third-order valence-electron chi connectivity index (χ3n) is 9.67. The second kappa shape index (κ2) is 15.3. The summed E-state index contributed by atoms with van der Waals surface area (Å²) in [5, 5.41) is 9.77. The highest BCUT2D eigenvalue weighted by molar-refractivity contribution is 7.92. The number of aliphatic hydroxyl groups excluding tert-OH is 1. The summed E-state index contributed by atoms with van der Waals surface area (Å²) >= 11 is 0. The van der Waals surface area contributed by atoms with Gasteiger partial charge in [0.1, 0.15) is 0 Å². The standard InChI is InChI=1S/C41H42N2O7S/c1-47-36-23-31-20-21-43(25-33(31)24-37(36)48-2)26-38-39(29-10-5-3-6-11-29)40(30-18-16-28(27-44)17-19-30)50-41(49-38)32-12-9-13-34(22-32)42-51(45,46)35-14-7-4-8-15-35/h3-19,22-24,38-42,44H,20-21,25-27H2,1-2H3. The summed E-state index contributed by atoms with van der Waals surface area (Å²) in [4.78, 5) is 2.59. The van der Waals surface area contributed by atoms with Crippen molar-refractivity contribution in [2.45, 2.75) is 48.9 Å². The maximum Gasteiger partial charge on any atom is 0.261 e. The van der Waals surface area contributed by atoms with Crippen LogP contribution in [0.5, 0.6) is 11.5 Å². The quantitative estimate of drug-likeness (QED) is 0.151. The predicted octanol–water partition coefficient (Wildman–Crippen LogP) is 6.99. The molecule has 264 valence electrons. The van der Waals surface area contributed by atoms with E-state index in [1.54, 1.807) is 62.8 Å². The fourth-order valence-corrected chi connectivity index (χ4v) is 8.15. The molecule has 1 saturated heterocycles. The average Bonchev–Trinajstić information content (AvgIpc) is 3.17. The Labute approximate surface area is 299 Å². The van der Waals surface area contributed by atoms with Gasteiger partial charge in [-0.25, -0.2) is 8.42 Å². The van der Waals surface area contributed by atoms with Crippen LogP contribution in [0.3, 0.4) is 0 Å². The highest BCUT2D eigenvalue weighted by atomic mass is 32.2. The molecular weight excluding hydrogens is 665 g/mol. The lowest BCUT2D eigenvalue weighted by atomic mass is 9.82. The zero-order chi connectivity index (χ0) is 35.4. The Morgan fingerprint density at radius 3 is 2.12 bits per heavy atom. The van der Waals surface area contributed by atoms with Gasteiger partial charge in [-0.15, -0.1) is 0 Å². The number of benzene rings is 5. The first-order valence-corrected chi connectivity index (χ1v) is 18.5. The van der Waals surface area contributed by atoms with Gasteiger partial charge in [0.15, 0.2) is 17.8 Å². The molecule has 2 N–H and O–H groups in total. The molecule has 7 rings (SSSR count). The number of anilines is 1. The van der Waals surface area contributed by atoms with Crippen LogP contribution in [0.15, 0.2) is 126 Å². The molecular formula is C41H42N2O7S. The van der Waals surface area contributed by atoms with Gasteiger partial charge >= 0.3 is 0 Å². The van der Waals surface area contributed by atoms with Crippen molar-refractivity contribution in [2.75, 3.05) is 32.0 Å². The Hall–Kier alpha value is -4.71. The third kappa shape index (κ3) is 7.66. The van der Waals surface area contributed by atoms with Crippen LogP contribution < -0.4 is 14.2 Å². The highest BCUT2D eigenvalue weighted by Crippen LogP contribution is 2.47. The molecule has 5 aromatic carbocycles. The van der Waals surface area contributed by atoms with E-state index in [-0.39, 0.29) is 23.5 Å². The van der Waals surface area contributed by atoms with E-state index in [1.807, 2.05) is 48.5 Å². The van der Waals surface area contributed by atoms with Gasteiger partial charge in [-0.3, -0.25) is 9.62 Å². The van der Waals surface area contributed by atoms with Crippen LogP contribution in [0, 0.1) is 0 Å². The first-order chi connectivity index (χ1) is 24.8. The molecule has 0 aromatic heterocycles. The summed E-state index contributed by atoms with van der Waals surface area (Å²) in [6.45, 7) is 2.12. The summed E-state index contributed by atoms with van der Waals surface area (Å²) in [6, 6.07) is 37.8. The third-order valence-corrected chi connectivity index (χ3v) is 11.1. The van der Waals surface area contributed by atoms with E-state index in [1.165, 1.54) is 11.1 Å². The summed E-state index contributed by atoms with van der Waals surface area (Å²) in [5.41, 5.74) is 6.39. The van der Waals surface area contributed by atoms with Crippen molar-refractivity contribution in [2.24, 2.45) is 0 Å². The van der Waals surface area contributed by atoms with Crippen LogP contribution >= 0.6 is 0 Å². The second-order valence-corrected chi connectivity index (χ2v) is 14.6. The Morgan fingerprint density at radius 1 is 0.765 bits per heavy atom. The molecule has 4 atom stereocenters. The Balaban J connectivity index is 1.24. The van der Waals surface area contributed by atoms with E-state index in [4.69, 9.17) is 18.9 Å². The lowest BCUT2D eigenvalue weighted by Gasteiger charge is -2.45. The van der Waals surface area contributed by atoms with Crippen LogP contribution in [0.4, 0.5) is 5.69 Å². The lowest BCUT2D eigenvalue weighted by Crippen LogP contribution is -2.45. The fraction of sp³-hybridized carbons (Fsp3) is 0.268. The van der Waals surface area contributed by atoms with Crippen molar-refractivity contribution >= 4 is 15.7 Å². The van der Waals surface area contributed by atoms with E-state index in [0.717, 1.165) is 42.0 Å². The highest BCUT2D eigenvalue weighted by Gasteiger charge is 2.43. The van der Waals surface area contributed by atoms with E-state index in [0.29, 0.717) is 23.5 Å². The molecule has 2 aliphatic heterocycles. The van der Waals surface area contributed by atoms with Crippen LogP contribution in [-0.2, 0) is 39.1 Å². The fourth-order valence-electron chi connectivity index (χ4n) is 7.08. The van der Waals surface area contributed by atoms with E-state index >= 15 is 0 Å². The van der Waals surface area contributed by atoms with Gasteiger partial charge in [0, 0.05) is 36.8 Å². The zero-order valence-electron chi connectivity index (χ0n) is 28.6. The smallest absolute Gasteiger partial charge is 0.261 e. The Bertz CT molecular complexity index is 2040. The van der Waals surface area contributed by atoms with Gasteiger partial charge in [0.05, 0.1) is 37.9 Å². The SMILES string of the molecule is COc1cc2c(cc1OC)CN(CC1OC(c3cccc(NS(=O)(=O)c4ccccc4)c3)OC(c3ccc(CO)cc3)C1c1ccccc1)CC2. The normalized spacial score (nSPS) is 20.7.